The summed E-state index contributed by atoms with van der Waals surface area (Å²) in [5.41, 5.74) is -0.370. The fourth-order valence-electron chi connectivity index (χ4n) is 2.14. The number of carbonyl (C=O) groups excluding carboxylic acids is 1. The normalized spacial score (nSPS) is 14.9. The van der Waals surface area contributed by atoms with E-state index in [-0.39, 0.29) is 22.9 Å². The minimum absolute atomic E-state index is 0.111. The third-order valence-corrected chi connectivity index (χ3v) is 3.62. The van der Waals surface area contributed by atoms with Crippen molar-refractivity contribution in [3.05, 3.63) is 39.2 Å². The van der Waals surface area contributed by atoms with E-state index in [0.717, 1.165) is 31.4 Å². The first-order valence-electron chi connectivity index (χ1n) is 6.13. The number of non-ortho nitro benzene ring substituents is 1. The Morgan fingerprint density at radius 3 is 2.58 bits per heavy atom. The van der Waals surface area contributed by atoms with Crippen molar-refractivity contribution in [2.24, 2.45) is 0 Å². The summed E-state index contributed by atoms with van der Waals surface area (Å²) in [5.74, 6) is -1.17. The molecule has 102 valence electrons. The first-order chi connectivity index (χ1) is 8.91. The van der Waals surface area contributed by atoms with Crippen molar-refractivity contribution in [3.63, 3.8) is 0 Å². The van der Waals surface area contributed by atoms with Crippen LogP contribution in [0, 0.1) is 22.9 Å². The molecular weight excluding hydrogens is 251 g/mol. The molecule has 1 aromatic carbocycles. The largest absolute Gasteiger partial charge is 0.339 e. The lowest BCUT2D eigenvalue weighted by Crippen LogP contribution is -2.41. The number of hydrogen-bond acceptors (Lipinski definition) is 3. The molecule has 19 heavy (non-hydrogen) atoms. The first-order valence-corrected chi connectivity index (χ1v) is 6.13. The van der Waals surface area contributed by atoms with Crippen LogP contribution in [0.4, 0.5) is 10.1 Å². The summed E-state index contributed by atoms with van der Waals surface area (Å²) in [7, 11) is 1.61. The second kappa shape index (κ2) is 4.95. The minimum atomic E-state index is -0.679. The van der Waals surface area contributed by atoms with E-state index in [1.807, 2.05) is 0 Å². The Bertz CT molecular complexity index is 541. The summed E-state index contributed by atoms with van der Waals surface area (Å²) in [6.07, 6.45) is 2.86. The number of carbonyl (C=O) groups is 1. The molecule has 0 heterocycles. The second-order valence-corrected chi connectivity index (χ2v) is 4.88. The van der Waals surface area contributed by atoms with Crippen molar-refractivity contribution < 1.29 is 14.1 Å². The zero-order valence-corrected chi connectivity index (χ0v) is 10.9. The fourth-order valence-corrected chi connectivity index (χ4v) is 2.14. The van der Waals surface area contributed by atoms with Gasteiger partial charge in [0.2, 0.25) is 0 Å². The van der Waals surface area contributed by atoms with E-state index in [1.54, 1.807) is 7.05 Å². The Morgan fingerprint density at radius 2 is 2.11 bits per heavy atom. The summed E-state index contributed by atoms with van der Waals surface area (Å²) in [4.78, 5) is 23.8. The average molecular weight is 266 g/mol. The van der Waals surface area contributed by atoms with Gasteiger partial charge in [-0.05, 0) is 31.7 Å². The van der Waals surface area contributed by atoms with Gasteiger partial charge in [0.1, 0.15) is 5.82 Å². The molecule has 0 unspecified atom stereocenters. The van der Waals surface area contributed by atoms with E-state index in [4.69, 9.17) is 0 Å². The molecule has 0 bridgehead atoms. The number of amides is 1. The Morgan fingerprint density at radius 1 is 1.47 bits per heavy atom. The maximum absolute atomic E-state index is 14.0. The first kappa shape index (κ1) is 13.5. The lowest BCUT2D eigenvalue weighted by atomic mass is 9.91. The molecule has 1 fully saturated rings. The molecule has 0 atom stereocenters. The average Bonchev–Trinajstić information content (AvgIpc) is 2.29. The molecule has 1 aliphatic carbocycles. The minimum Gasteiger partial charge on any atom is -0.339 e. The molecule has 0 aliphatic heterocycles. The van der Waals surface area contributed by atoms with Crippen LogP contribution in [0.5, 0.6) is 0 Å². The van der Waals surface area contributed by atoms with Crippen LogP contribution in [-0.4, -0.2) is 28.8 Å². The lowest BCUT2D eigenvalue weighted by Gasteiger charge is -2.34. The molecule has 0 spiro atoms. The molecule has 0 N–H and O–H groups in total. The second-order valence-electron chi connectivity index (χ2n) is 4.88. The number of rotatable bonds is 3. The summed E-state index contributed by atoms with van der Waals surface area (Å²) >= 11 is 0. The number of nitro benzene ring substituents is 1. The molecule has 2 rings (SSSR count). The fraction of sp³-hybridized carbons (Fsp3) is 0.462. The Balaban J connectivity index is 2.37. The molecule has 1 aliphatic rings. The standard InChI is InChI=1S/C13H15FN2O3/c1-8-6-10(16(18)19)7-11(12(8)14)13(17)15(2)9-4-3-5-9/h6-7,9H,3-5H2,1-2H3. The van der Waals surface area contributed by atoms with Gasteiger partial charge in [-0.3, -0.25) is 14.9 Å². The molecular formula is C13H15FN2O3. The van der Waals surface area contributed by atoms with Crippen LogP contribution in [0.2, 0.25) is 0 Å². The number of nitrogens with zero attached hydrogens (tertiary/aromatic N) is 2. The van der Waals surface area contributed by atoms with E-state index >= 15 is 0 Å². The SMILES string of the molecule is Cc1cc([N+](=O)[O-])cc(C(=O)N(C)C2CCC2)c1F. The number of halogens is 1. The highest BCUT2D eigenvalue weighted by Gasteiger charge is 2.29. The van der Waals surface area contributed by atoms with Crippen LogP contribution in [0.25, 0.3) is 0 Å². The van der Waals surface area contributed by atoms with Crippen LogP contribution in [0.3, 0.4) is 0 Å². The molecule has 1 aromatic rings. The quantitative estimate of drug-likeness (QED) is 0.624. The molecule has 5 nitrogen and oxygen atoms in total. The van der Waals surface area contributed by atoms with Crippen LogP contribution in [0.1, 0.15) is 35.2 Å². The smallest absolute Gasteiger partial charge is 0.270 e. The Kier molecular flexibility index (Phi) is 3.50. The van der Waals surface area contributed by atoms with Crippen molar-refractivity contribution in [1.82, 2.24) is 4.90 Å². The van der Waals surface area contributed by atoms with Gasteiger partial charge in [-0.1, -0.05) is 0 Å². The number of hydrogen-bond donors (Lipinski definition) is 0. The maximum atomic E-state index is 14.0. The van der Waals surface area contributed by atoms with Gasteiger partial charge in [0, 0.05) is 25.2 Å². The van der Waals surface area contributed by atoms with Crippen molar-refractivity contribution in [2.45, 2.75) is 32.2 Å². The Labute approximate surface area is 110 Å². The van der Waals surface area contributed by atoms with Crippen molar-refractivity contribution in [3.8, 4) is 0 Å². The van der Waals surface area contributed by atoms with E-state index < -0.39 is 16.6 Å². The monoisotopic (exact) mass is 266 g/mol. The van der Waals surface area contributed by atoms with Gasteiger partial charge in [-0.2, -0.15) is 0 Å². The molecule has 1 amide bonds. The molecule has 0 radical (unpaired) electrons. The summed E-state index contributed by atoms with van der Waals surface area (Å²) in [5, 5.41) is 10.8. The van der Waals surface area contributed by atoms with Crippen LogP contribution >= 0.6 is 0 Å². The molecule has 6 heteroatoms. The van der Waals surface area contributed by atoms with Gasteiger partial charge >= 0.3 is 0 Å². The topological polar surface area (TPSA) is 63.5 Å². The van der Waals surface area contributed by atoms with Gasteiger partial charge < -0.3 is 4.90 Å². The molecule has 1 saturated carbocycles. The predicted octanol–water partition coefficient (Wildman–Crippen LogP) is 2.67. The van der Waals surface area contributed by atoms with E-state index in [2.05, 4.69) is 0 Å². The zero-order chi connectivity index (χ0) is 14.2. The number of benzene rings is 1. The molecule has 0 saturated heterocycles. The predicted molar refractivity (Wildman–Crippen MR) is 67.5 cm³/mol. The van der Waals surface area contributed by atoms with Gasteiger partial charge in [-0.25, -0.2) is 4.39 Å². The highest BCUT2D eigenvalue weighted by molar-refractivity contribution is 5.95. The summed E-state index contributed by atoms with van der Waals surface area (Å²) < 4.78 is 14.0. The van der Waals surface area contributed by atoms with E-state index in [9.17, 15) is 19.3 Å². The highest BCUT2D eigenvalue weighted by Crippen LogP contribution is 2.27. The van der Waals surface area contributed by atoms with Crippen LogP contribution < -0.4 is 0 Å². The third kappa shape index (κ3) is 2.43. The van der Waals surface area contributed by atoms with E-state index in [0.29, 0.717) is 0 Å². The maximum Gasteiger partial charge on any atom is 0.270 e. The summed E-state index contributed by atoms with van der Waals surface area (Å²) in [6.45, 7) is 1.42. The van der Waals surface area contributed by atoms with E-state index in [1.165, 1.54) is 11.8 Å². The number of aryl methyl sites for hydroxylation is 1. The van der Waals surface area contributed by atoms with Crippen LogP contribution in [-0.2, 0) is 0 Å². The van der Waals surface area contributed by atoms with Gasteiger partial charge in [0.15, 0.2) is 0 Å². The van der Waals surface area contributed by atoms with Crippen molar-refractivity contribution in [1.29, 1.82) is 0 Å². The lowest BCUT2D eigenvalue weighted by molar-refractivity contribution is -0.385. The summed E-state index contributed by atoms with van der Waals surface area (Å²) in [6, 6.07) is 2.27. The third-order valence-electron chi connectivity index (χ3n) is 3.62. The zero-order valence-electron chi connectivity index (χ0n) is 10.9. The highest BCUT2D eigenvalue weighted by atomic mass is 19.1. The van der Waals surface area contributed by atoms with Crippen LogP contribution in [0.15, 0.2) is 12.1 Å². The van der Waals surface area contributed by atoms with Gasteiger partial charge in [0.25, 0.3) is 11.6 Å². The molecule has 0 aromatic heterocycles. The van der Waals surface area contributed by atoms with Crippen molar-refractivity contribution >= 4 is 11.6 Å². The number of nitro groups is 1. The van der Waals surface area contributed by atoms with Gasteiger partial charge in [0.05, 0.1) is 10.5 Å². The van der Waals surface area contributed by atoms with Gasteiger partial charge in [-0.15, -0.1) is 0 Å². The van der Waals surface area contributed by atoms with Crippen molar-refractivity contribution in [2.75, 3.05) is 7.05 Å². The Hall–Kier alpha value is -1.98.